The Morgan fingerprint density at radius 1 is 1.10 bits per heavy atom. The molecule has 0 radical (unpaired) electrons. The van der Waals surface area contributed by atoms with Gasteiger partial charge in [-0.15, -0.1) is 0 Å². The van der Waals surface area contributed by atoms with E-state index in [0.717, 1.165) is 35.6 Å². The van der Waals surface area contributed by atoms with E-state index in [4.69, 9.17) is 4.74 Å². The lowest BCUT2D eigenvalue weighted by Gasteiger charge is -2.08. The van der Waals surface area contributed by atoms with Crippen LogP contribution in [0.3, 0.4) is 0 Å². The van der Waals surface area contributed by atoms with E-state index in [1.54, 1.807) is 6.92 Å². The normalized spacial score (nSPS) is 12.9. The Kier molecular flexibility index (Phi) is 6.16. The van der Waals surface area contributed by atoms with Crippen LogP contribution in [0, 0.1) is 0 Å². The summed E-state index contributed by atoms with van der Waals surface area (Å²) in [6, 6.07) is 7.96. The van der Waals surface area contributed by atoms with Crippen LogP contribution in [0.4, 0.5) is 0 Å². The van der Waals surface area contributed by atoms with Gasteiger partial charge in [0.2, 0.25) is 0 Å². The van der Waals surface area contributed by atoms with Crippen molar-refractivity contribution in [1.29, 1.82) is 0 Å². The Morgan fingerprint density at radius 2 is 1.70 bits per heavy atom. The molecular formula is C17H23NO2. The molecule has 1 aromatic rings. The van der Waals surface area contributed by atoms with Gasteiger partial charge in [-0.3, -0.25) is 9.79 Å². The molecule has 3 heteroatoms. The molecule has 0 atom stereocenters. The minimum absolute atomic E-state index is 0.000429. The van der Waals surface area contributed by atoms with Gasteiger partial charge in [-0.05, 0) is 50.5 Å². The van der Waals surface area contributed by atoms with Crippen LogP contribution in [0.15, 0.2) is 35.0 Å². The van der Waals surface area contributed by atoms with Crippen molar-refractivity contribution >= 4 is 17.1 Å². The van der Waals surface area contributed by atoms with E-state index in [2.05, 4.69) is 11.9 Å². The summed E-state index contributed by atoms with van der Waals surface area (Å²) in [5, 5.41) is 0. The maximum absolute atomic E-state index is 11.2. The summed E-state index contributed by atoms with van der Waals surface area (Å²) in [6.45, 7) is 10.0. The fraction of sp³-hybridized carbons (Fsp3) is 0.412. The quantitative estimate of drug-likeness (QED) is 0.726. The van der Waals surface area contributed by atoms with E-state index in [9.17, 15) is 4.79 Å². The average molecular weight is 273 g/mol. The number of nitrogens with zero attached hydrogens (tertiary/aromatic N) is 1. The van der Waals surface area contributed by atoms with Crippen molar-refractivity contribution in [2.45, 2.75) is 41.0 Å². The molecule has 0 aromatic heterocycles. The number of allylic oxidation sites excluding steroid dienone is 2. The van der Waals surface area contributed by atoms with Crippen LogP contribution in [0.2, 0.25) is 0 Å². The van der Waals surface area contributed by atoms with Gasteiger partial charge in [-0.2, -0.15) is 0 Å². The molecule has 0 aliphatic heterocycles. The molecule has 0 spiro atoms. The van der Waals surface area contributed by atoms with E-state index in [0.29, 0.717) is 5.71 Å². The summed E-state index contributed by atoms with van der Waals surface area (Å²) < 4.78 is 5.56. The van der Waals surface area contributed by atoms with Gasteiger partial charge < -0.3 is 4.74 Å². The van der Waals surface area contributed by atoms with Gasteiger partial charge in [0.1, 0.15) is 5.75 Å². The highest BCUT2D eigenvalue weighted by Gasteiger charge is 2.03. The Bertz CT molecular complexity index is 524. The van der Waals surface area contributed by atoms with E-state index < -0.39 is 0 Å². The monoisotopic (exact) mass is 273 g/mol. The van der Waals surface area contributed by atoms with Gasteiger partial charge in [0.25, 0.3) is 0 Å². The van der Waals surface area contributed by atoms with Crippen molar-refractivity contribution in [2.24, 2.45) is 4.99 Å². The predicted molar refractivity (Wildman–Crippen MR) is 84.3 cm³/mol. The number of Topliss-reactive ketones (excluding diaryl/α,β-unsaturated/α-hetero) is 1. The van der Waals surface area contributed by atoms with E-state index in [1.165, 1.54) is 6.92 Å². The van der Waals surface area contributed by atoms with Crippen LogP contribution in [0.5, 0.6) is 5.75 Å². The number of rotatable bonds is 6. The van der Waals surface area contributed by atoms with Crippen molar-refractivity contribution < 1.29 is 9.53 Å². The molecule has 1 aromatic carbocycles. The molecule has 0 amide bonds. The van der Waals surface area contributed by atoms with Crippen LogP contribution < -0.4 is 4.74 Å². The number of aliphatic imine (C=N–C) groups is 1. The second-order valence-corrected chi connectivity index (χ2v) is 4.84. The van der Waals surface area contributed by atoms with Crippen LogP contribution in [-0.4, -0.2) is 18.1 Å². The molecule has 0 saturated heterocycles. The Morgan fingerprint density at radius 3 is 2.20 bits per heavy atom. The molecule has 0 aliphatic carbocycles. The largest absolute Gasteiger partial charge is 0.494 e. The summed E-state index contributed by atoms with van der Waals surface area (Å²) >= 11 is 0. The number of ketones is 1. The fourth-order valence-electron chi connectivity index (χ4n) is 1.64. The third-order valence-electron chi connectivity index (χ3n) is 3.15. The topological polar surface area (TPSA) is 38.7 Å². The Hall–Kier alpha value is -1.90. The zero-order valence-electron chi connectivity index (χ0n) is 13.0. The standard InChI is InChI=1S/C17H23NO2/c1-6-11-20-17-9-7-16(8-10-17)12(2)13(3)18-14(4)15(5)19/h7-10H,6,11H2,1-5H3/b13-12+,18-14?. The number of carbonyl (C=O) groups is 1. The Labute approximate surface area is 121 Å². The van der Waals surface area contributed by atoms with Gasteiger partial charge in [0, 0.05) is 12.6 Å². The van der Waals surface area contributed by atoms with Gasteiger partial charge in [0.05, 0.1) is 12.3 Å². The lowest BCUT2D eigenvalue weighted by Crippen LogP contribution is -2.04. The van der Waals surface area contributed by atoms with Crippen LogP contribution >= 0.6 is 0 Å². The number of ether oxygens (including phenoxy) is 1. The van der Waals surface area contributed by atoms with Crippen LogP contribution in [0.25, 0.3) is 5.57 Å². The van der Waals surface area contributed by atoms with Gasteiger partial charge >= 0.3 is 0 Å². The zero-order valence-corrected chi connectivity index (χ0v) is 13.0. The second-order valence-electron chi connectivity index (χ2n) is 4.84. The maximum atomic E-state index is 11.2. The van der Waals surface area contributed by atoms with Gasteiger partial charge in [-0.1, -0.05) is 19.1 Å². The molecule has 0 aliphatic rings. The fourth-order valence-corrected chi connectivity index (χ4v) is 1.64. The summed E-state index contributed by atoms with van der Waals surface area (Å²) in [5.41, 5.74) is 3.55. The lowest BCUT2D eigenvalue weighted by molar-refractivity contribution is -0.111. The molecule has 20 heavy (non-hydrogen) atoms. The third-order valence-corrected chi connectivity index (χ3v) is 3.15. The highest BCUT2D eigenvalue weighted by atomic mass is 16.5. The maximum Gasteiger partial charge on any atom is 0.173 e. The first-order valence-electron chi connectivity index (χ1n) is 6.92. The Balaban J connectivity index is 2.93. The highest BCUT2D eigenvalue weighted by Crippen LogP contribution is 2.22. The first-order chi connectivity index (χ1) is 9.45. The van der Waals surface area contributed by atoms with Crippen molar-refractivity contribution in [3.05, 3.63) is 35.5 Å². The zero-order chi connectivity index (χ0) is 15.1. The highest BCUT2D eigenvalue weighted by molar-refractivity contribution is 6.38. The SMILES string of the molecule is CCCOc1ccc(/C(C)=C(\C)N=C(C)C(C)=O)cc1. The minimum atomic E-state index is 0.000429. The molecule has 1 rings (SSSR count). The first-order valence-corrected chi connectivity index (χ1v) is 6.92. The molecule has 0 bridgehead atoms. The van der Waals surface area contributed by atoms with Crippen LogP contribution in [-0.2, 0) is 4.79 Å². The molecule has 108 valence electrons. The summed E-state index contributed by atoms with van der Waals surface area (Å²) in [4.78, 5) is 15.6. The molecule has 0 fully saturated rings. The predicted octanol–water partition coefficient (Wildman–Crippen LogP) is 4.28. The molecule has 0 heterocycles. The number of carbonyl (C=O) groups excluding carboxylic acids is 1. The van der Waals surface area contributed by atoms with Gasteiger partial charge in [0.15, 0.2) is 5.78 Å². The van der Waals surface area contributed by atoms with Crippen molar-refractivity contribution in [1.82, 2.24) is 0 Å². The van der Waals surface area contributed by atoms with E-state index >= 15 is 0 Å². The number of benzene rings is 1. The van der Waals surface area contributed by atoms with Crippen molar-refractivity contribution in [2.75, 3.05) is 6.61 Å². The number of hydrogen-bond acceptors (Lipinski definition) is 3. The third kappa shape index (κ3) is 4.65. The van der Waals surface area contributed by atoms with Gasteiger partial charge in [-0.25, -0.2) is 0 Å². The van der Waals surface area contributed by atoms with Crippen LogP contribution in [0.1, 0.15) is 46.6 Å². The lowest BCUT2D eigenvalue weighted by atomic mass is 10.1. The molecule has 0 N–H and O–H groups in total. The average Bonchev–Trinajstić information content (AvgIpc) is 2.44. The summed E-state index contributed by atoms with van der Waals surface area (Å²) in [6.07, 6.45) is 0.999. The van der Waals surface area contributed by atoms with Crippen molar-refractivity contribution in [3.8, 4) is 5.75 Å². The first kappa shape index (κ1) is 16.2. The molecule has 0 unspecified atom stereocenters. The molecule has 3 nitrogen and oxygen atoms in total. The molecular weight excluding hydrogens is 250 g/mol. The summed E-state index contributed by atoms with van der Waals surface area (Å²) in [5.74, 6) is 0.880. The van der Waals surface area contributed by atoms with Crippen molar-refractivity contribution in [3.63, 3.8) is 0 Å². The smallest absolute Gasteiger partial charge is 0.173 e. The van der Waals surface area contributed by atoms with E-state index in [-0.39, 0.29) is 5.78 Å². The second kappa shape index (κ2) is 7.63. The molecule has 0 saturated carbocycles. The minimum Gasteiger partial charge on any atom is -0.494 e. The van der Waals surface area contributed by atoms with E-state index in [1.807, 2.05) is 38.1 Å². The number of hydrogen-bond donors (Lipinski definition) is 0. The summed E-state index contributed by atoms with van der Waals surface area (Å²) in [7, 11) is 0.